The summed E-state index contributed by atoms with van der Waals surface area (Å²) in [7, 11) is -6.00. The van der Waals surface area contributed by atoms with Crippen LogP contribution in [-0.2, 0) is 29.2 Å². The molecule has 27 heavy (non-hydrogen) atoms. The van der Waals surface area contributed by atoms with Crippen molar-refractivity contribution in [1.29, 1.82) is 0 Å². The molecule has 0 aromatic rings. The smallest absolute Gasteiger partial charge is 0.410 e. The Morgan fingerprint density at radius 2 is 1.70 bits per heavy atom. The number of nitrogens with one attached hydrogen (secondary N) is 1. The Bertz CT molecular complexity index is 678. The molecule has 0 heterocycles. The molecule has 15 heteroatoms. The zero-order valence-corrected chi connectivity index (χ0v) is 14.4. The van der Waals surface area contributed by atoms with Crippen molar-refractivity contribution >= 4 is 22.0 Å². The number of hydrogen-bond donors (Lipinski definition) is 2. The Morgan fingerprint density at radius 1 is 1.19 bits per heavy atom. The van der Waals surface area contributed by atoms with Crippen molar-refractivity contribution in [2.45, 2.75) is 37.0 Å². The third-order valence-electron chi connectivity index (χ3n) is 2.74. The van der Waals surface area contributed by atoms with Crippen LogP contribution in [0.15, 0.2) is 12.4 Å². The van der Waals surface area contributed by atoms with Gasteiger partial charge in [0.2, 0.25) is 5.83 Å². The predicted octanol–water partition coefficient (Wildman–Crippen LogP) is 1.68. The zero-order chi connectivity index (χ0) is 21.7. The number of amides is 1. The average molecular weight is 431 g/mol. The standard InChI is InChI=1S/C12H15F6NO7S/c1-3-5-19-9(21)11(12(16,17)18,26-8(20)7(2)13)25-6-4-10(14,15)27(22,23)24/h2-6H2,1H3,(H,19,21)(H,22,23,24). The lowest BCUT2D eigenvalue weighted by molar-refractivity contribution is -0.348. The molecule has 0 aliphatic heterocycles. The summed E-state index contributed by atoms with van der Waals surface area (Å²) in [5, 5.41) is -3.30. The summed E-state index contributed by atoms with van der Waals surface area (Å²) in [6.07, 6.45) is -7.83. The normalized spacial score (nSPS) is 15.0. The number of rotatable bonds is 10. The molecule has 8 nitrogen and oxygen atoms in total. The molecule has 0 rings (SSSR count). The molecule has 0 bridgehead atoms. The van der Waals surface area contributed by atoms with Gasteiger partial charge >= 0.3 is 39.2 Å². The van der Waals surface area contributed by atoms with E-state index in [0.717, 1.165) is 0 Å². The second-order valence-electron chi connectivity index (χ2n) is 4.88. The van der Waals surface area contributed by atoms with Crippen LogP contribution in [0.25, 0.3) is 0 Å². The molecule has 1 unspecified atom stereocenters. The van der Waals surface area contributed by atoms with Gasteiger partial charge in [0.25, 0.3) is 0 Å². The van der Waals surface area contributed by atoms with Gasteiger partial charge in [-0.15, -0.1) is 0 Å². The molecule has 158 valence electrons. The van der Waals surface area contributed by atoms with Crippen LogP contribution < -0.4 is 5.32 Å². The van der Waals surface area contributed by atoms with Gasteiger partial charge in [0.05, 0.1) is 13.0 Å². The van der Waals surface area contributed by atoms with Crippen LogP contribution >= 0.6 is 0 Å². The first kappa shape index (κ1) is 25.1. The van der Waals surface area contributed by atoms with Gasteiger partial charge in [-0.1, -0.05) is 13.5 Å². The van der Waals surface area contributed by atoms with E-state index < -0.39 is 64.6 Å². The van der Waals surface area contributed by atoms with E-state index in [1.54, 1.807) is 5.32 Å². The monoisotopic (exact) mass is 431 g/mol. The van der Waals surface area contributed by atoms with Crippen molar-refractivity contribution in [3.63, 3.8) is 0 Å². The topological polar surface area (TPSA) is 119 Å². The van der Waals surface area contributed by atoms with Crippen LogP contribution in [0, 0.1) is 0 Å². The summed E-state index contributed by atoms with van der Waals surface area (Å²) in [6, 6.07) is 0. The van der Waals surface area contributed by atoms with Gasteiger partial charge in [0, 0.05) is 6.54 Å². The van der Waals surface area contributed by atoms with Gasteiger partial charge in [-0.3, -0.25) is 9.35 Å². The lowest BCUT2D eigenvalue weighted by Crippen LogP contribution is -2.61. The second-order valence-corrected chi connectivity index (χ2v) is 6.42. The van der Waals surface area contributed by atoms with Crippen LogP contribution in [0.2, 0.25) is 0 Å². The van der Waals surface area contributed by atoms with Gasteiger partial charge in [0.15, 0.2) is 0 Å². The molecule has 1 amide bonds. The first-order valence-corrected chi connectivity index (χ1v) is 8.37. The molecular weight excluding hydrogens is 416 g/mol. The van der Waals surface area contributed by atoms with E-state index in [2.05, 4.69) is 16.1 Å². The highest BCUT2D eigenvalue weighted by atomic mass is 32.2. The number of esters is 1. The molecule has 0 aromatic heterocycles. The zero-order valence-electron chi connectivity index (χ0n) is 13.6. The van der Waals surface area contributed by atoms with E-state index in [0.29, 0.717) is 0 Å². The molecule has 0 saturated heterocycles. The van der Waals surface area contributed by atoms with Crippen molar-refractivity contribution in [1.82, 2.24) is 5.32 Å². The first-order valence-electron chi connectivity index (χ1n) is 6.93. The van der Waals surface area contributed by atoms with E-state index in [9.17, 15) is 44.3 Å². The average Bonchev–Trinajstić information content (AvgIpc) is 2.48. The van der Waals surface area contributed by atoms with Crippen LogP contribution in [0.1, 0.15) is 19.8 Å². The lowest BCUT2D eigenvalue weighted by Gasteiger charge is -2.33. The largest absolute Gasteiger partial charge is 0.466 e. The molecule has 0 radical (unpaired) electrons. The number of ether oxygens (including phenoxy) is 2. The summed E-state index contributed by atoms with van der Waals surface area (Å²) in [5.74, 6) is -11.2. The van der Waals surface area contributed by atoms with Gasteiger partial charge in [-0.25, -0.2) is 4.79 Å². The molecule has 0 fully saturated rings. The fraction of sp³-hybridized carbons (Fsp3) is 0.667. The Balaban J connectivity index is 5.82. The first-order chi connectivity index (χ1) is 12.0. The highest BCUT2D eigenvalue weighted by Gasteiger charge is 2.66. The Kier molecular flexibility index (Phi) is 8.26. The minimum atomic E-state index is -6.00. The molecule has 0 spiro atoms. The van der Waals surface area contributed by atoms with Gasteiger partial charge < -0.3 is 14.8 Å². The van der Waals surface area contributed by atoms with E-state index >= 15 is 0 Å². The highest BCUT2D eigenvalue weighted by Crippen LogP contribution is 2.37. The minimum Gasteiger partial charge on any atom is -0.410 e. The summed E-state index contributed by atoms with van der Waals surface area (Å²) in [6.45, 7) is 1.57. The van der Waals surface area contributed by atoms with E-state index in [-0.39, 0.29) is 6.42 Å². The SMILES string of the molecule is C=C(F)C(=O)OC(OCCC(F)(F)S(=O)(=O)O)(C(=O)NCCC)C(F)(F)F. The van der Waals surface area contributed by atoms with Crippen LogP contribution in [-0.4, -0.2) is 55.2 Å². The fourth-order valence-corrected chi connectivity index (χ4v) is 1.73. The van der Waals surface area contributed by atoms with Gasteiger partial charge in [-0.05, 0) is 6.42 Å². The maximum absolute atomic E-state index is 13.4. The highest BCUT2D eigenvalue weighted by molar-refractivity contribution is 7.86. The summed E-state index contributed by atoms with van der Waals surface area (Å²) in [4.78, 5) is 23.0. The number of carbonyl (C=O) groups is 2. The van der Waals surface area contributed by atoms with Crippen molar-refractivity contribution in [3.8, 4) is 0 Å². The van der Waals surface area contributed by atoms with Crippen molar-refractivity contribution in [2.24, 2.45) is 0 Å². The number of alkyl halides is 5. The third-order valence-corrected chi connectivity index (χ3v) is 3.70. The number of carbonyl (C=O) groups excluding carboxylic acids is 2. The second kappa shape index (κ2) is 8.88. The van der Waals surface area contributed by atoms with E-state index in [4.69, 9.17) is 4.55 Å². The maximum atomic E-state index is 13.4. The van der Waals surface area contributed by atoms with E-state index in [1.165, 1.54) is 6.92 Å². The molecule has 0 aliphatic rings. The summed E-state index contributed by atoms with van der Waals surface area (Å²) >= 11 is 0. The third kappa shape index (κ3) is 6.35. The van der Waals surface area contributed by atoms with E-state index in [1.807, 2.05) is 0 Å². The van der Waals surface area contributed by atoms with Gasteiger partial charge in [0.1, 0.15) is 0 Å². The van der Waals surface area contributed by atoms with Gasteiger partial charge in [-0.2, -0.15) is 34.8 Å². The van der Waals surface area contributed by atoms with Crippen molar-refractivity contribution in [3.05, 3.63) is 12.4 Å². The molecular formula is C12H15F6NO7S. The Morgan fingerprint density at radius 3 is 2.07 bits per heavy atom. The Hall–Kier alpha value is -1.87. The van der Waals surface area contributed by atoms with Crippen LogP contribution in [0.3, 0.4) is 0 Å². The van der Waals surface area contributed by atoms with Crippen molar-refractivity contribution < 1.29 is 58.4 Å². The minimum absolute atomic E-state index is 0.101. The molecule has 0 aromatic carbocycles. The lowest BCUT2D eigenvalue weighted by atomic mass is 10.2. The predicted molar refractivity (Wildman–Crippen MR) is 75.5 cm³/mol. The van der Waals surface area contributed by atoms with Crippen molar-refractivity contribution in [2.75, 3.05) is 13.2 Å². The number of hydrogen-bond acceptors (Lipinski definition) is 6. The molecule has 0 saturated carbocycles. The fourth-order valence-electron chi connectivity index (χ4n) is 1.39. The number of halogens is 6. The Labute approximate surface area is 149 Å². The molecule has 0 aliphatic carbocycles. The summed E-state index contributed by atoms with van der Waals surface area (Å²) in [5.41, 5.74) is 0. The molecule has 2 N–H and O–H groups in total. The summed E-state index contributed by atoms with van der Waals surface area (Å²) < 4.78 is 116. The van der Waals surface area contributed by atoms with Crippen LogP contribution in [0.4, 0.5) is 26.3 Å². The maximum Gasteiger partial charge on any atom is 0.466 e. The quantitative estimate of drug-likeness (QED) is 0.178. The van der Waals surface area contributed by atoms with Crippen LogP contribution in [0.5, 0.6) is 0 Å². The molecule has 1 atom stereocenters.